The third-order valence-corrected chi connectivity index (χ3v) is 4.75. The zero-order chi connectivity index (χ0) is 19.8. The molecule has 1 aromatic heterocycles. The van der Waals surface area contributed by atoms with E-state index < -0.39 is 11.7 Å². The van der Waals surface area contributed by atoms with Crippen molar-refractivity contribution in [1.82, 2.24) is 20.4 Å². The number of aromatic nitrogens is 2. The van der Waals surface area contributed by atoms with Gasteiger partial charge in [0.1, 0.15) is 0 Å². The molecule has 1 aromatic carbocycles. The number of aryl methyl sites for hydroxylation is 2. The van der Waals surface area contributed by atoms with E-state index in [-0.39, 0.29) is 36.1 Å². The lowest BCUT2D eigenvalue weighted by Gasteiger charge is -2.17. The Balaban J connectivity index is 0.00000280. The summed E-state index contributed by atoms with van der Waals surface area (Å²) >= 11 is 0. The Morgan fingerprint density at radius 3 is 2.46 bits per heavy atom. The lowest BCUT2D eigenvalue weighted by molar-refractivity contribution is -0.138. The standard InChI is InChI=1S/C19H24F3N5.HI/c1-11-7-17(11)25-18(23-4)24-10-14-5-6-15(9-16(14)19(20,21)22)27-13(3)8-12(2)26-27;/h5-6,8-9,11,17H,7,10H2,1-4H3,(H2,23,24,25);1H. The number of nitrogens with zero attached hydrogens (tertiary/aromatic N) is 3. The molecule has 1 aliphatic carbocycles. The Bertz CT molecular complexity index is 860. The van der Waals surface area contributed by atoms with Crippen LogP contribution in [0.5, 0.6) is 0 Å². The Labute approximate surface area is 179 Å². The number of hydrogen-bond donors (Lipinski definition) is 2. The average molecular weight is 507 g/mol. The van der Waals surface area contributed by atoms with Crippen LogP contribution in [0.3, 0.4) is 0 Å². The molecule has 9 heteroatoms. The molecule has 1 fully saturated rings. The second-order valence-corrected chi connectivity index (χ2v) is 7.07. The zero-order valence-corrected chi connectivity index (χ0v) is 18.6. The lowest BCUT2D eigenvalue weighted by Crippen LogP contribution is -2.39. The largest absolute Gasteiger partial charge is 0.416 e. The second-order valence-electron chi connectivity index (χ2n) is 7.07. The maximum atomic E-state index is 13.6. The van der Waals surface area contributed by atoms with Crippen molar-refractivity contribution in [2.75, 3.05) is 7.05 Å². The van der Waals surface area contributed by atoms with Gasteiger partial charge in [-0.1, -0.05) is 13.0 Å². The lowest BCUT2D eigenvalue weighted by atomic mass is 10.1. The van der Waals surface area contributed by atoms with Gasteiger partial charge in [0.05, 0.1) is 16.9 Å². The van der Waals surface area contributed by atoms with Crippen LogP contribution in [0.2, 0.25) is 0 Å². The number of alkyl halides is 3. The van der Waals surface area contributed by atoms with Crippen molar-refractivity contribution in [2.24, 2.45) is 10.9 Å². The van der Waals surface area contributed by atoms with Crippen LogP contribution in [0, 0.1) is 19.8 Å². The SMILES string of the molecule is CN=C(NCc1ccc(-n2nc(C)cc2C)cc1C(F)(F)F)NC1CC1C.I. The number of guanidine groups is 1. The maximum Gasteiger partial charge on any atom is 0.416 e. The third kappa shape index (κ3) is 5.18. The van der Waals surface area contributed by atoms with E-state index in [1.807, 2.05) is 19.9 Å². The van der Waals surface area contributed by atoms with Crippen LogP contribution in [0.4, 0.5) is 13.2 Å². The van der Waals surface area contributed by atoms with E-state index >= 15 is 0 Å². The van der Waals surface area contributed by atoms with Gasteiger partial charge in [-0.3, -0.25) is 4.99 Å². The molecule has 28 heavy (non-hydrogen) atoms. The van der Waals surface area contributed by atoms with E-state index in [0.29, 0.717) is 23.6 Å². The number of nitrogens with one attached hydrogen (secondary N) is 2. The molecule has 2 unspecified atom stereocenters. The number of hydrogen-bond acceptors (Lipinski definition) is 2. The first-order valence-corrected chi connectivity index (χ1v) is 8.90. The summed E-state index contributed by atoms with van der Waals surface area (Å²) < 4.78 is 42.4. The molecule has 0 bridgehead atoms. The fraction of sp³-hybridized carbons (Fsp3) is 0.474. The monoisotopic (exact) mass is 507 g/mol. The van der Waals surface area contributed by atoms with E-state index in [2.05, 4.69) is 27.6 Å². The molecule has 3 rings (SSSR count). The number of benzene rings is 1. The fourth-order valence-corrected chi connectivity index (χ4v) is 3.08. The van der Waals surface area contributed by atoms with E-state index in [9.17, 15) is 13.2 Å². The number of aliphatic imine (C=N–C) groups is 1. The number of rotatable bonds is 4. The molecule has 2 atom stereocenters. The van der Waals surface area contributed by atoms with Gasteiger partial charge in [0.2, 0.25) is 0 Å². The minimum absolute atomic E-state index is 0. The predicted molar refractivity (Wildman–Crippen MR) is 114 cm³/mol. The van der Waals surface area contributed by atoms with Crippen LogP contribution in [0.25, 0.3) is 5.69 Å². The molecular weight excluding hydrogens is 482 g/mol. The van der Waals surface area contributed by atoms with Gasteiger partial charge in [-0.25, -0.2) is 4.68 Å². The van der Waals surface area contributed by atoms with Crippen LogP contribution in [0.15, 0.2) is 29.3 Å². The highest BCUT2D eigenvalue weighted by molar-refractivity contribution is 14.0. The summed E-state index contributed by atoms with van der Waals surface area (Å²) in [6.07, 6.45) is -3.41. The van der Waals surface area contributed by atoms with Gasteiger partial charge in [-0.15, -0.1) is 24.0 Å². The van der Waals surface area contributed by atoms with Crippen molar-refractivity contribution in [1.29, 1.82) is 0 Å². The molecule has 1 aliphatic rings. The Morgan fingerprint density at radius 1 is 1.29 bits per heavy atom. The highest BCUT2D eigenvalue weighted by Gasteiger charge is 2.35. The van der Waals surface area contributed by atoms with E-state index in [0.717, 1.165) is 23.9 Å². The molecule has 1 saturated carbocycles. The van der Waals surface area contributed by atoms with Crippen molar-refractivity contribution < 1.29 is 13.2 Å². The van der Waals surface area contributed by atoms with Crippen LogP contribution in [-0.4, -0.2) is 28.8 Å². The summed E-state index contributed by atoms with van der Waals surface area (Å²) in [6.45, 7) is 5.78. The third-order valence-electron chi connectivity index (χ3n) is 4.75. The minimum atomic E-state index is -4.45. The zero-order valence-electron chi connectivity index (χ0n) is 16.3. The summed E-state index contributed by atoms with van der Waals surface area (Å²) in [4.78, 5) is 4.09. The van der Waals surface area contributed by atoms with Crippen molar-refractivity contribution in [3.05, 3.63) is 46.8 Å². The van der Waals surface area contributed by atoms with E-state index in [1.54, 1.807) is 13.1 Å². The molecule has 0 spiro atoms. The molecule has 5 nitrogen and oxygen atoms in total. The first-order valence-electron chi connectivity index (χ1n) is 8.90. The van der Waals surface area contributed by atoms with Gasteiger partial charge in [0.25, 0.3) is 0 Å². The Hall–Kier alpha value is -1.78. The van der Waals surface area contributed by atoms with Crippen molar-refractivity contribution >= 4 is 29.9 Å². The quantitative estimate of drug-likeness (QED) is 0.371. The van der Waals surface area contributed by atoms with Gasteiger partial charge in [-0.2, -0.15) is 18.3 Å². The predicted octanol–water partition coefficient (Wildman–Crippen LogP) is 4.20. The topological polar surface area (TPSA) is 54.2 Å². The molecule has 1 heterocycles. The molecule has 0 aliphatic heterocycles. The highest BCUT2D eigenvalue weighted by Crippen LogP contribution is 2.34. The first-order chi connectivity index (χ1) is 12.7. The Kier molecular flexibility index (Phi) is 7.00. The van der Waals surface area contributed by atoms with Crippen LogP contribution in [0.1, 0.15) is 35.9 Å². The highest BCUT2D eigenvalue weighted by atomic mass is 127. The Morgan fingerprint density at radius 2 is 1.96 bits per heavy atom. The smallest absolute Gasteiger partial charge is 0.353 e. The van der Waals surface area contributed by atoms with Gasteiger partial charge >= 0.3 is 6.18 Å². The van der Waals surface area contributed by atoms with E-state index in [4.69, 9.17) is 0 Å². The summed E-state index contributed by atoms with van der Waals surface area (Å²) in [5.74, 6) is 1.08. The summed E-state index contributed by atoms with van der Waals surface area (Å²) in [6, 6.07) is 6.47. The van der Waals surface area contributed by atoms with E-state index in [1.165, 1.54) is 10.7 Å². The first kappa shape index (κ1) is 22.5. The van der Waals surface area contributed by atoms with Gasteiger partial charge < -0.3 is 10.6 Å². The minimum Gasteiger partial charge on any atom is -0.353 e. The van der Waals surface area contributed by atoms with Gasteiger partial charge in [0.15, 0.2) is 5.96 Å². The summed E-state index contributed by atoms with van der Waals surface area (Å²) in [7, 11) is 1.61. The van der Waals surface area contributed by atoms with Crippen LogP contribution >= 0.6 is 24.0 Å². The van der Waals surface area contributed by atoms with Gasteiger partial charge in [0, 0.05) is 25.3 Å². The summed E-state index contributed by atoms with van der Waals surface area (Å²) in [5.41, 5.74) is 1.44. The van der Waals surface area contributed by atoms with Crippen LogP contribution < -0.4 is 10.6 Å². The average Bonchev–Trinajstić information content (AvgIpc) is 3.18. The van der Waals surface area contributed by atoms with Crippen molar-refractivity contribution in [2.45, 2.75) is 46.0 Å². The summed E-state index contributed by atoms with van der Waals surface area (Å²) in [5, 5.41) is 10.5. The molecule has 0 radical (unpaired) electrons. The van der Waals surface area contributed by atoms with Gasteiger partial charge in [-0.05, 0) is 49.9 Å². The second kappa shape index (κ2) is 8.71. The van der Waals surface area contributed by atoms with Crippen molar-refractivity contribution in [3.8, 4) is 5.69 Å². The van der Waals surface area contributed by atoms with Crippen LogP contribution in [-0.2, 0) is 12.7 Å². The molecule has 2 N–H and O–H groups in total. The maximum absolute atomic E-state index is 13.6. The molecule has 154 valence electrons. The number of halogens is 4. The molecule has 0 saturated heterocycles. The molecule has 0 amide bonds. The normalized spacial score (nSPS) is 19.2. The molecule has 2 aromatic rings. The molecular formula is C19H25F3IN5. The fourth-order valence-electron chi connectivity index (χ4n) is 3.08. The van der Waals surface area contributed by atoms with Crippen molar-refractivity contribution in [3.63, 3.8) is 0 Å².